The number of nitrogen functional groups attached to an aromatic ring is 1. The molecular weight excluding hydrogens is 378 g/mol. The maximum Gasteiger partial charge on any atom is 0.177 e. The lowest BCUT2D eigenvalue weighted by Crippen LogP contribution is -2.36. The number of nitrogens with two attached hydrogens (primary N) is 2. The van der Waals surface area contributed by atoms with Gasteiger partial charge in [0.05, 0.1) is 18.9 Å². The van der Waals surface area contributed by atoms with Crippen molar-refractivity contribution in [3.63, 3.8) is 0 Å². The zero-order chi connectivity index (χ0) is 20.5. The highest BCUT2D eigenvalue weighted by atomic mass is 16.5. The minimum Gasteiger partial charge on any atom is -0.382 e. The van der Waals surface area contributed by atoms with E-state index in [1.807, 2.05) is 6.20 Å². The molecule has 0 spiro atoms. The average molecular weight is 408 g/mol. The third-order valence-corrected chi connectivity index (χ3v) is 6.30. The smallest absolute Gasteiger partial charge is 0.177 e. The minimum atomic E-state index is 0.287. The molecular formula is C22H29N7O. The van der Waals surface area contributed by atoms with Crippen molar-refractivity contribution in [1.29, 1.82) is 0 Å². The van der Waals surface area contributed by atoms with Gasteiger partial charge in [-0.25, -0.2) is 9.50 Å². The van der Waals surface area contributed by atoms with Crippen LogP contribution in [0.4, 0.5) is 22.9 Å². The topological polar surface area (TPSA) is 107 Å². The van der Waals surface area contributed by atoms with Gasteiger partial charge in [-0.3, -0.25) is 0 Å². The highest BCUT2D eigenvalue weighted by molar-refractivity contribution is 5.81. The van der Waals surface area contributed by atoms with Crippen LogP contribution in [-0.4, -0.2) is 46.9 Å². The molecule has 1 aliphatic heterocycles. The number of morpholine rings is 1. The van der Waals surface area contributed by atoms with Crippen molar-refractivity contribution < 1.29 is 4.74 Å². The Hall–Kier alpha value is -2.84. The van der Waals surface area contributed by atoms with E-state index in [2.05, 4.69) is 44.6 Å². The summed E-state index contributed by atoms with van der Waals surface area (Å²) in [6, 6.07) is 8.82. The van der Waals surface area contributed by atoms with Crippen LogP contribution in [0.25, 0.3) is 5.65 Å². The Kier molecular flexibility index (Phi) is 5.18. The van der Waals surface area contributed by atoms with E-state index in [1.165, 1.54) is 5.69 Å². The fourth-order valence-corrected chi connectivity index (χ4v) is 4.64. The zero-order valence-corrected chi connectivity index (χ0v) is 17.1. The number of ether oxygens (including phenoxy) is 1. The molecule has 0 bridgehead atoms. The first-order valence-electron chi connectivity index (χ1n) is 10.8. The molecule has 3 aromatic rings. The second-order valence-electron chi connectivity index (χ2n) is 8.25. The number of fused-ring (bicyclic) bond motifs is 1. The monoisotopic (exact) mass is 407 g/mol. The van der Waals surface area contributed by atoms with Crippen LogP contribution in [0.5, 0.6) is 0 Å². The summed E-state index contributed by atoms with van der Waals surface area (Å²) in [5.74, 6) is 0.905. The van der Waals surface area contributed by atoms with E-state index in [1.54, 1.807) is 10.7 Å². The predicted octanol–water partition coefficient (Wildman–Crippen LogP) is 2.88. The van der Waals surface area contributed by atoms with Gasteiger partial charge in [-0.2, -0.15) is 0 Å². The van der Waals surface area contributed by atoms with Crippen LogP contribution in [0.2, 0.25) is 0 Å². The molecule has 0 amide bonds. The minimum absolute atomic E-state index is 0.287. The molecule has 1 aliphatic carbocycles. The van der Waals surface area contributed by atoms with Crippen LogP contribution in [0.15, 0.2) is 36.7 Å². The maximum absolute atomic E-state index is 6.44. The van der Waals surface area contributed by atoms with Crippen molar-refractivity contribution in [1.82, 2.24) is 14.6 Å². The van der Waals surface area contributed by atoms with Gasteiger partial charge in [0, 0.05) is 48.5 Å². The molecule has 1 aromatic carbocycles. The predicted molar refractivity (Wildman–Crippen MR) is 119 cm³/mol. The Labute approximate surface area is 176 Å². The summed E-state index contributed by atoms with van der Waals surface area (Å²) in [4.78, 5) is 6.90. The third kappa shape index (κ3) is 3.68. The fraction of sp³-hybridized carbons (Fsp3) is 0.455. The molecule has 8 heteroatoms. The van der Waals surface area contributed by atoms with Gasteiger partial charge in [-0.05, 0) is 55.9 Å². The van der Waals surface area contributed by atoms with Crippen molar-refractivity contribution in [2.75, 3.05) is 42.3 Å². The number of aromatic nitrogens is 3. The Morgan fingerprint density at radius 1 is 1.03 bits per heavy atom. The summed E-state index contributed by atoms with van der Waals surface area (Å²) in [5, 5.41) is 8.15. The molecule has 2 aliphatic rings. The maximum atomic E-state index is 6.44. The van der Waals surface area contributed by atoms with Crippen LogP contribution in [0.1, 0.15) is 37.2 Å². The summed E-state index contributed by atoms with van der Waals surface area (Å²) in [5.41, 5.74) is 17.6. The van der Waals surface area contributed by atoms with Crippen molar-refractivity contribution in [2.45, 2.75) is 37.6 Å². The number of hydrogen-bond acceptors (Lipinski definition) is 7. The van der Waals surface area contributed by atoms with E-state index in [-0.39, 0.29) is 6.04 Å². The molecule has 5 rings (SSSR count). The summed E-state index contributed by atoms with van der Waals surface area (Å²) in [6.45, 7) is 3.41. The number of hydrogen-bond donors (Lipinski definition) is 3. The zero-order valence-electron chi connectivity index (χ0n) is 17.1. The lowest BCUT2D eigenvalue weighted by Gasteiger charge is -2.29. The number of nitrogens with zero attached hydrogens (tertiary/aromatic N) is 4. The third-order valence-electron chi connectivity index (χ3n) is 6.30. The molecule has 30 heavy (non-hydrogen) atoms. The molecule has 1 saturated carbocycles. The van der Waals surface area contributed by atoms with Crippen LogP contribution in [0.3, 0.4) is 0 Å². The second-order valence-corrected chi connectivity index (χ2v) is 8.25. The molecule has 0 atom stereocenters. The number of benzene rings is 1. The van der Waals surface area contributed by atoms with Crippen LogP contribution in [-0.2, 0) is 4.74 Å². The highest BCUT2D eigenvalue weighted by Crippen LogP contribution is 2.41. The normalized spacial score (nSPS) is 22.4. The lowest BCUT2D eigenvalue weighted by molar-refractivity contribution is 0.122. The summed E-state index contributed by atoms with van der Waals surface area (Å²) >= 11 is 0. The molecule has 3 heterocycles. The van der Waals surface area contributed by atoms with Crippen LogP contribution in [0, 0.1) is 0 Å². The number of anilines is 4. The van der Waals surface area contributed by atoms with Gasteiger partial charge in [-0.1, -0.05) is 0 Å². The van der Waals surface area contributed by atoms with Gasteiger partial charge < -0.3 is 26.4 Å². The molecule has 1 saturated heterocycles. The SMILES string of the molecule is Nc1nn2ccnc2c(Nc2ccc(N3CCOCC3)cc2)c1[C@H]1CC[C@H](N)CC1. The average Bonchev–Trinajstić information content (AvgIpc) is 3.24. The number of imidazole rings is 1. The Bertz CT molecular complexity index is 1000. The highest BCUT2D eigenvalue weighted by Gasteiger charge is 2.27. The first kappa shape index (κ1) is 19.1. The van der Waals surface area contributed by atoms with Crippen molar-refractivity contribution in [3.8, 4) is 0 Å². The second kappa shape index (κ2) is 8.12. The van der Waals surface area contributed by atoms with E-state index in [0.29, 0.717) is 11.7 Å². The Morgan fingerprint density at radius 2 is 1.77 bits per heavy atom. The first-order valence-corrected chi connectivity index (χ1v) is 10.8. The van der Waals surface area contributed by atoms with Crippen molar-refractivity contribution in [2.24, 2.45) is 5.73 Å². The van der Waals surface area contributed by atoms with Crippen LogP contribution < -0.4 is 21.7 Å². The van der Waals surface area contributed by atoms with Crippen molar-refractivity contribution >= 4 is 28.5 Å². The summed E-state index contributed by atoms with van der Waals surface area (Å²) in [6.07, 6.45) is 7.66. The van der Waals surface area contributed by atoms with Crippen LogP contribution >= 0.6 is 0 Å². The summed E-state index contributed by atoms with van der Waals surface area (Å²) in [7, 11) is 0. The van der Waals surface area contributed by atoms with Gasteiger partial charge >= 0.3 is 0 Å². The lowest BCUT2D eigenvalue weighted by atomic mass is 9.81. The van der Waals surface area contributed by atoms with Gasteiger partial charge in [0.1, 0.15) is 5.82 Å². The Balaban J connectivity index is 1.47. The van der Waals surface area contributed by atoms with E-state index >= 15 is 0 Å². The standard InChI is InChI=1S/C22H29N7O/c23-16-3-1-15(2-4-16)19-20(22-25-9-10-29(22)27-21(19)24)26-17-5-7-18(8-6-17)28-11-13-30-14-12-28/h5-10,15-16,26H,1-4,11-14,23H2,(H2,24,27)/t15-,16-. The van der Waals surface area contributed by atoms with Gasteiger partial charge in [0.2, 0.25) is 0 Å². The van der Waals surface area contributed by atoms with E-state index < -0.39 is 0 Å². The van der Waals surface area contributed by atoms with Gasteiger partial charge in [-0.15, -0.1) is 5.10 Å². The fourth-order valence-electron chi connectivity index (χ4n) is 4.64. The molecule has 0 unspecified atom stereocenters. The molecule has 8 nitrogen and oxygen atoms in total. The van der Waals surface area contributed by atoms with Crippen molar-refractivity contribution in [3.05, 3.63) is 42.2 Å². The molecule has 0 radical (unpaired) electrons. The number of rotatable bonds is 4. The van der Waals surface area contributed by atoms with Gasteiger partial charge in [0.25, 0.3) is 0 Å². The molecule has 2 aromatic heterocycles. The molecule has 2 fully saturated rings. The van der Waals surface area contributed by atoms with Gasteiger partial charge in [0.15, 0.2) is 5.65 Å². The van der Waals surface area contributed by atoms with E-state index in [9.17, 15) is 0 Å². The van der Waals surface area contributed by atoms with E-state index in [4.69, 9.17) is 16.2 Å². The first-order chi connectivity index (χ1) is 14.7. The number of nitrogens with one attached hydrogen (secondary N) is 1. The largest absolute Gasteiger partial charge is 0.382 e. The quantitative estimate of drug-likeness (QED) is 0.610. The Morgan fingerprint density at radius 3 is 2.50 bits per heavy atom. The van der Waals surface area contributed by atoms with E-state index in [0.717, 1.165) is 74.6 Å². The molecule has 5 N–H and O–H groups in total. The summed E-state index contributed by atoms with van der Waals surface area (Å²) < 4.78 is 7.20. The molecule has 158 valence electrons.